The van der Waals surface area contributed by atoms with Crippen LogP contribution in [0.1, 0.15) is 111 Å². The van der Waals surface area contributed by atoms with Gasteiger partial charge in [0.1, 0.15) is 0 Å². The number of rotatable bonds is 11. The Labute approximate surface area is 168 Å². The molecule has 3 nitrogen and oxygen atoms in total. The minimum Gasteiger partial charge on any atom is -0.481 e. The summed E-state index contributed by atoms with van der Waals surface area (Å²) in [5, 5.41) is 19.0. The third kappa shape index (κ3) is 9.96. The molecule has 1 aliphatic rings. The molecule has 160 valence electrons. The van der Waals surface area contributed by atoms with Crippen LogP contribution in [0.15, 0.2) is 0 Å². The molecule has 0 heterocycles. The summed E-state index contributed by atoms with van der Waals surface area (Å²) in [6, 6.07) is 0. The van der Waals surface area contributed by atoms with Gasteiger partial charge in [0.2, 0.25) is 0 Å². The van der Waals surface area contributed by atoms with Crippen molar-refractivity contribution in [1.29, 1.82) is 0 Å². The molecule has 0 aromatic rings. The van der Waals surface area contributed by atoms with Crippen molar-refractivity contribution in [2.24, 2.45) is 29.6 Å². The number of hydrogen-bond donors (Lipinski definition) is 2. The molecule has 1 fully saturated rings. The standard InChI is InChI=1S/C24H46O3/c1-5-6-7-10-18(2)22-13-8-11-21(12-9-14-24(26)27)16-15-19(3)23(22)17-20(4)25/h18-23,25H,5-17H2,1-4H3,(H,26,27)/t18-,19?,20+,21?,22+,23-/m0/s1. The van der Waals surface area contributed by atoms with Gasteiger partial charge in [0.15, 0.2) is 0 Å². The number of aliphatic carboxylic acids is 1. The van der Waals surface area contributed by atoms with Crippen LogP contribution in [0.2, 0.25) is 0 Å². The van der Waals surface area contributed by atoms with Crippen LogP contribution < -0.4 is 0 Å². The highest BCUT2D eigenvalue weighted by molar-refractivity contribution is 5.66. The molecule has 0 radical (unpaired) electrons. The molecule has 2 N–H and O–H groups in total. The molecule has 0 aromatic heterocycles. The first kappa shape index (κ1) is 24.5. The fraction of sp³-hybridized carbons (Fsp3) is 0.958. The molecule has 2 unspecified atom stereocenters. The van der Waals surface area contributed by atoms with Crippen LogP contribution in [0.5, 0.6) is 0 Å². The Kier molecular flexibility index (Phi) is 12.3. The van der Waals surface area contributed by atoms with Crippen molar-refractivity contribution in [3.8, 4) is 0 Å². The molecular weight excluding hydrogens is 336 g/mol. The number of carboxylic acid groups (broad SMARTS) is 1. The molecule has 6 atom stereocenters. The first-order valence-electron chi connectivity index (χ1n) is 11.7. The smallest absolute Gasteiger partial charge is 0.303 e. The van der Waals surface area contributed by atoms with Crippen LogP contribution in [0.4, 0.5) is 0 Å². The topological polar surface area (TPSA) is 57.5 Å². The average molecular weight is 383 g/mol. The van der Waals surface area contributed by atoms with E-state index in [1.165, 1.54) is 57.8 Å². The minimum absolute atomic E-state index is 0.213. The molecule has 0 saturated heterocycles. The maximum Gasteiger partial charge on any atom is 0.303 e. The first-order chi connectivity index (χ1) is 12.8. The zero-order valence-corrected chi connectivity index (χ0v) is 18.5. The van der Waals surface area contributed by atoms with Crippen molar-refractivity contribution in [3.05, 3.63) is 0 Å². The van der Waals surface area contributed by atoms with Gasteiger partial charge in [-0.25, -0.2) is 0 Å². The predicted octanol–water partition coefficient (Wildman–Crippen LogP) is 6.68. The van der Waals surface area contributed by atoms with E-state index in [-0.39, 0.29) is 6.10 Å². The second-order valence-corrected chi connectivity index (χ2v) is 9.52. The monoisotopic (exact) mass is 382 g/mol. The number of aliphatic hydroxyl groups is 1. The van der Waals surface area contributed by atoms with Crippen LogP contribution in [0, 0.1) is 29.6 Å². The molecule has 0 amide bonds. The van der Waals surface area contributed by atoms with Crippen molar-refractivity contribution in [2.75, 3.05) is 0 Å². The molecule has 3 heteroatoms. The van der Waals surface area contributed by atoms with Crippen LogP contribution in [-0.2, 0) is 4.79 Å². The first-order valence-corrected chi connectivity index (χ1v) is 11.7. The highest BCUT2D eigenvalue weighted by Crippen LogP contribution is 2.41. The van der Waals surface area contributed by atoms with E-state index < -0.39 is 5.97 Å². The third-order valence-corrected chi connectivity index (χ3v) is 7.07. The maximum absolute atomic E-state index is 10.8. The van der Waals surface area contributed by atoms with Gasteiger partial charge in [-0.1, -0.05) is 72.1 Å². The molecule has 1 rings (SSSR count). The lowest BCUT2D eigenvalue weighted by Gasteiger charge is -2.36. The van der Waals surface area contributed by atoms with Crippen LogP contribution in [0.25, 0.3) is 0 Å². The molecule has 27 heavy (non-hydrogen) atoms. The molecule has 0 spiro atoms. The van der Waals surface area contributed by atoms with Crippen molar-refractivity contribution in [3.63, 3.8) is 0 Å². The van der Waals surface area contributed by atoms with Crippen LogP contribution in [0.3, 0.4) is 0 Å². The Bertz CT molecular complexity index is 393. The zero-order chi connectivity index (χ0) is 20.2. The second kappa shape index (κ2) is 13.6. The van der Waals surface area contributed by atoms with Crippen molar-refractivity contribution < 1.29 is 15.0 Å². The van der Waals surface area contributed by atoms with Crippen LogP contribution >= 0.6 is 0 Å². The van der Waals surface area contributed by atoms with E-state index in [2.05, 4.69) is 20.8 Å². The summed E-state index contributed by atoms with van der Waals surface area (Å²) in [6.45, 7) is 9.07. The Morgan fingerprint density at radius 1 is 1.07 bits per heavy atom. The summed E-state index contributed by atoms with van der Waals surface area (Å²) in [7, 11) is 0. The molecule has 1 aliphatic carbocycles. The van der Waals surface area contributed by atoms with Gasteiger partial charge in [-0.05, 0) is 62.2 Å². The molecule has 0 aliphatic heterocycles. The largest absolute Gasteiger partial charge is 0.481 e. The van der Waals surface area contributed by atoms with Crippen molar-refractivity contribution >= 4 is 5.97 Å². The summed E-state index contributed by atoms with van der Waals surface area (Å²) in [5.41, 5.74) is 0. The van der Waals surface area contributed by atoms with E-state index in [4.69, 9.17) is 5.11 Å². The van der Waals surface area contributed by atoms with E-state index in [0.29, 0.717) is 24.2 Å². The van der Waals surface area contributed by atoms with Crippen molar-refractivity contribution in [2.45, 2.75) is 117 Å². The molecule has 0 aromatic carbocycles. The molecular formula is C24H46O3. The Balaban J connectivity index is 2.74. The lowest BCUT2D eigenvalue weighted by Crippen LogP contribution is -2.30. The number of carbonyl (C=O) groups is 1. The lowest BCUT2D eigenvalue weighted by molar-refractivity contribution is -0.137. The number of unbranched alkanes of at least 4 members (excludes halogenated alkanes) is 2. The van der Waals surface area contributed by atoms with Gasteiger partial charge in [0.05, 0.1) is 6.10 Å². The zero-order valence-electron chi connectivity index (χ0n) is 18.5. The van der Waals surface area contributed by atoms with Gasteiger partial charge in [-0.15, -0.1) is 0 Å². The summed E-state index contributed by atoms with van der Waals surface area (Å²) in [4.78, 5) is 10.8. The third-order valence-electron chi connectivity index (χ3n) is 7.07. The second-order valence-electron chi connectivity index (χ2n) is 9.52. The fourth-order valence-corrected chi connectivity index (χ4v) is 5.40. The SMILES string of the molecule is CCCCC[C@H](C)[C@H]1CCCC(CCCC(=O)O)CCC(C)[C@@H]1C[C@@H](C)O. The number of hydrogen-bond acceptors (Lipinski definition) is 2. The number of carboxylic acids is 1. The summed E-state index contributed by atoms with van der Waals surface area (Å²) < 4.78 is 0. The quantitative estimate of drug-likeness (QED) is 0.392. The van der Waals surface area contributed by atoms with Gasteiger partial charge in [-0.3, -0.25) is 4.79 Å². The van der Waals surface area contributed by atoms with Gasteiger partial charge in [-0.2, -0.15) is 0 Å². The normalized spacial score (nSPS) is 29.4. The fourth-order valence-electron chi connectivity index (χ4n) is 5.40. The molecule has 1 saturated carbocycles. The molecule has 0 bridgehead atoms. The average Bonchev–Trinajstić information content (AvgIpc) is 2.66. The van der Waals surface area contributed by atoms with Gasteiger partial charge in [0, 0.05) is 6.42 Å². The Morgan fingerprint density at radius 2 is 1.81 bits per heavy atom. The van der Waals surface area contributed by atoms with Gasteiger partial charge in [0.25, 0.3) is 0 Å². The van der Waals surface area contributed by atoms with E-state index >= 15 is 0 Å². The van der Waals surface area contributed by atoms with E-state index in [9.17, 15) is 9.90 Å². The predicted molar refractivity (Wildman–Crippen MR) is 114 cm³/mol. The Hall–Kier alpha value is -0.570. The summed E-state index contributed by atoms with van der Waals surface area (Å²) in [5.74, 6) is 2.77. The maximum atomic E-state index is 10.8. The van der Waals surface area contributed by atoms with Gasteiger partial charge < -0.3 is 10.2 Å². The highest BCUT2D eigenvalue weighted by atomic mass is 16.4. The summed E-state index contributed by atoms with van der Waals surface area (Å²) >= 11 is 0. The van der Waals surface area contributed by atoms with E-state index in [0.717, 1.165) is 31.1 Å². The minimum atomic E-state index is -0.663. The number of aliphatic hydroxyl groups excluding tert-OH is 1. The Morgan fingerprint density at radius 3 is 2.44 bits per heavy atom. The highest BCUT2D eigenvalue weighted by Gasteiger charge is 2.32. The summed E-state index contributed by atoms with van der Waals surface area (Å²) in [6.07, 6.45) is 14.5. The lowest BCUT2D eigenvalue weighted by atomic mass is 9.69. The van der Waals surface area contributed by atoms with Gasteiger partial charge >= 0.3 is 5.97 Å². The van der Waals surface area contributed by atoms with E-state index in [1.54, 1.807) is 0 Å². The van der Waals surface area contributed by atoms with Crippen LogP contribution in [-0.4, -0.2) is 22.3 Å². The van der Waals surface area contributed by atoms with Crippen molar-refractivity contribution in [1.82, 2.24) is 0 Å². The van der Waals surface area contributed by atoms with E-state index in [1.807, 2.05) is 6.92 Å².